The SMILES string of the molecule is C1=CCC23CC=CCC2(C1)CN(CC1CC1)C3. The third-order valence-corrected chi connectivity index (χ3v) is 5.76. The maximum atomic E-state index is 2.80. The van der Waals surface area contributed by atoms with Crippen LogP contribution in [0.25, 0.3) is 0 Å². The summed E-state index contributed by atoms with van der Waals surface area (Å²) in [5, 5.41) is 0. The Morgan fingerprint density at radius 2 is 1.29 bits per heavy atom. The van der Waals surface area contributed by atoms with Crippen molar-refractivity contribution in [2.75, 3.05) is 19.6 Å². The Hall–Kier alpha value is -0.560. The molecule has 1 saturated heterocycles. The normalized spacial score (nSPS) is 44.7. The van der Waals surface area contributed by atoms with E-state index >= 15 is 0 Å². The van der Waals surface area contributed by atoms with Crippen molar-refractivity contribution in [3.63, 3.8) is 0 Å². The van der Waals surface area contributed by atoms with E-state index in [1.165, 1.54) is 58.2 Å². The number of allylic oxidation sites excluding steroid dienone is 4. The molecule has 1 nitrogen and oxygen atoms in total. The zero-order valence-electron chi connectivity index (χ0n) is 10.7. The molecule has 0 unspecified atom stereocenters. The van der Waals surface area contributed by atoms with Gasteiger partial charge in [0.2, 0.25) is 0 Å². The highest BCUT2D eigenvalue weighted by Gasteiger charge is 2.57. The fourth-order valence-corrected chi connectivity index (χ4v) is 4.57. The van der Waals surface area contributed by atoms with Gasteiger partial charge in [0.15, 0.2) is 0 Å². The molecule has 17 heavy (non-hydrogen) atoms. The summed E-state index contributed by atoms with van der Waals surface area (Å²) >= 11 is 0. The number of nitrogens with zero attached hydrogens (tertiary/aromatic N) is 1. The maximum Gasteiger partial charge on any atom is 0.00503 e. The lowest BCUT2D eigenvalue weighted by atomic mass is 9.55. The largest absolute Gasteiger partial charge is 0.302 e. The van der Waals surface area contributed by atoms with Crippen LogP contribution in [0.2, 0.25) is 0 Å². The Labute approximate surface area is 105 Å². The molecule has 4 rings (SSSR count). The summed E-state index contributed by atoms with van der Waals surface area (Å²) in [6.45, 7) is 4.14. The molecule has 0 N–H and O–H groups in total. The Balaban J connectivity index is 1.63. The molecule has 4 aliphatic rings. The van der Waals surface area contributed by atoms with Crippen molar-refractivity contribution < 1.29 is 0 Å². The molecule has 0 aromatic carbocycles. The monoisotopic (exact) mass is 229 g/mol. The Morgan fingerprint density at radius 1 is 0.824 bits per heavy atom. The van der Waals surface area contributed by atoms with Crippen molar-refractivity contribution in [2.24, 2.45) is 16.7 Å². The lowest BCUT2D eigenvalue weighted by molar-refractivity contribution is 0.0851. The number of hydrogen-bond acceptors (Lipinski definition) is 1. The van der Waals surface area contributed by atoms with E-state index in [-0.39, 0.29) is 0 Å². The standard InChI is InChI=1S/C16H23N/c1-2-8-16-10-4-3-9-15(16,7-1)12-17(13-16)11-14-5-6-14/h1-4,14H,5-13H2. The molecule has 0 bridgehead atoms. The molecular formula is C16H23N. The predicted molar refractivity (Wildman–Crippen MR) is 70.8 cm³/mol. The van der Waals surface area contributed by atoms with E-state index in [9.17, 15) is 0 Å². The van der Waals surface area contributed by atoms with Gasteiger partial charge in [-0.1, -0.05) is 24.3 Å². The van der Waals surface area contributed by atoms with Gasteiger partial charge in [0, 0.05) is 19.6 Å². The minimum absolute atomic E-state index is 0.603. The molecule has 3 aliphatic carbocycles. The molecule has 0 amide bonds. The van der Waals surface area contributed by atoms with Crippen molar-refractivity contribution in [3.05, 3.63) is 24.3 Å². The summed E-state index contributed by atoms with van der Waals surface area (Å²) in [7, 11) is 0. The zero-order chi connectivity index (χ0) is 11.3. The molecule has 1 aliphatic heterocycles. The lowest BCUT2D eigenvalue weighted by Crippen LogP contribution is -2.43. The second-order valence-electron chi connectivity index (χ2n) is 6.93. The van der Waals surface area contributed by atoms with Crippen LogP contribution in [0.4, 0.5) is 0 Å². The van der Waals surface area contributed by atoms with Gasteiger partial charge in [-0.25, -0.2) is 0 Å². The average molecular weight is 229 g/mol. The molecule has 92 valence electrons. The molecule has 1 heterocycles. The van der Waals surface area contributed by atoms with Crippen LogP contribution in [0.15, 0.2) is 24.3 Å². The van der Waals surface area contributed by atoms with Gasteiger partial charge in [0.05, 0.1) is 0 Å². The minimum Gasteiger partial charge on any atom is -0.302 e. The molecule has 0 spiro atoms. The second kappa shape index (κ2) is 3.47. The van der Waals surface area contributed by atoms with Gasteiger partial charge in [-0.3, -0.25) is 0 Å². The fraction of sp³-hybridized carbons (Fsp3) is 0.750. The van der Waals surface area contributed by atoms with Crippen LogP contribution in [0.3, 0.4) is 0 Å². The van der Waals surface area contributed by atoms with Gasteiger partial charge < -0.3 is 4.90 Å². The summed E-state index contributed by atoms with van der Waals surface area (Å²) < 4.78 is 0. The topological polar surface area (TPSA) is 3.24 Å². The van der Waals surface area contributed by atoms with Gasteiger partial charge >= 0.3 is 0 Å². The number of rotatable bonds is 2. The molecule has 0 atom stereocenters. The molecular weight excluding hydrogens is 206 g/mol. The van der Waals surface area contributed by atoms with E-state index in [0.717, 1.165) is 5.92 Å². The van der Waals surface area contributed by atoms with E-state index in [0.29, 0.717) is 10.8 Å². The average Bonchev–Trinajstić information content (AvgIpc) is 3.06. The van der Waals surface area contributed by atoms with Gasteiger partial charge in [-0.2, -0.15) is 0 Å². The minimum atomic E-state index is 0.603. The van der Waals surface area contributed by atoms with Crippen molar-refractivity contribution in [1.82, 2.24) is 4.90 Å². The molecule has 0 aromatic heterocycles. The van der Waals surface area contributed by atoms with Gasteiger partial charge in [-0.15, -0.1) is 0 Å². The van der Waals surface area contributed by atoms with Crippen LogP contribution in [-0.4, -0.2) is 24.5 Å². The highest BCUT2D eigenvalue weighted by atomic mass is 15.2. The highest BCUT2D eigenvalue weighted by molar-refractivity contribution is 5.21. The van der Waals surface area contributed by atoms with Crippen LogP contribution in [-0.2, 0) is 0 Å². The summed E-state index contributed by atoms with van der Waals surface area (Å²) in [6, 6.07) is 0. The first kappa shape index (κ1) is 10.4. The Morgan fingerprint density at radius 3 is 1.71 bits per heavy atom. The highest BCUT2D eigenvalue weighted by Crippen LogP contribution is 2.60. The third kappa shape index (κ3) is 1.48. The molecule has 1 saturated carbocycles. The Bertz CT molecular complexity index is 329. The van der Waals surface area contributed by atoms with Crippen molar-refractivity contribution in [2.45, 2.75) is 38.5 Å². The van der Waals surface area contributed by atoms with Crippen molar-refractivity contribution >= 4 is 0 Å². The Kier molecular flexibility index (Phi) is 2.12. The van der Waals surface area contributed by atoms with Crippen LogP contribution < -0.4 is 0 Å². The first-order chi connectivity index (χ1) is 8.32. The van der Waals surface area contributed by atoms with Crippen LogP contribution in [0, 0.1) is 16.7 Å². The van der Waals surface area contributed by atoms with Crippen molar-refractivity contribution in [1.29, 1.82) is 0 Å². The molecule has 1 heteroatoms. The zero-order valence-corrected chi connectivity index (χ0v) is 10.7. The molecule has 2 fully saturated rings. The second-order valence-corrected chi connectivity index (χ2v) is 6.93. The molecule has 0 aromatic rings. The van der Waals surface area contributed by atoms with Crippen LogP contribution in [0.5, 0.6) is 0 Å². The maximum absolute atomic E-state index is 2.80. The van der Waals surface area contributed by atoms with Gasteiger partial charge in [0.25, 0.3) is 0 Å². The van der Waals surface area contributed by atoms with Crippen molar-refractivity contribution in [3.8, 4) is 0 Å². The van der Waals surface area contributed by atoms with Gasteiger partial charge in [-0.05, 0) is 55.3 Å². The summed E-state index contributed by atoms with van der Waals surface area (Å²) in [4.78, 5) is 2.80. The van der Waals surface area contributed by atoms with Crippen LogP contribution in [0.1, 0.15) is 38.5 Å². The van der Waals surface area contributed by atoms with E-state index in [1.54, 1.807) is 0 Å². The summed E-state index contributed by atoms with van der Waals surface area (Å²) in [6.07, 6.45) is 18.1. The fourth-order valence-electron chi connectivity index (χ4n) is 4.57. The third-order valence-electron chi connectivity index (χ3n) is 5.76. The van der Waals surface area contributed by atoms with E-state index < -0.39 is 0 Å². The van der Waals surface area contributed by atoms with Crippen LogP contribution >= 0.6 is 0 Å². The smallest absolute Gasteiger partial charge is 0.00503 e. The summed E-state index contributed by atoms with van der Waals surface area (Å²) in [5.41, 5.74) is 1.21. The number of likely N-dealkylation sites (tertiary alicyclic amines) is 1. The van der Waals surface area contributed by atoms with E-state index in [1.807, 2.05) is 0 Å². The van der Waals surface area contributed by atoms with E-state index in [4.69, 9.17) is 0 Å². The van der Waals surface area contributed by atoms with Gasteiger partial charge in [0.1, 0.15) is 0 Å². The lowest BCUT2D eigenvalue weighted by Gasteiger charge is -2.48. The first-order valence-corrected chi connectivity index (χ1v) is 7.34. The quantitative estimate of drug-likeness (QED) is 0.656. The number of hydrogen-bond donors (Lipinski definition) is 0. The first-order valence-electron chi connectivity index (χ1n) is 7.34. The van der Waals surface area contributed by atoms with E-state index in [2.05, 4.69) is 29.2 Å². The predicted octanol–water partition coefficient (Wildman–Crippen LogP) is 3.38. The summed E-state index contributed by atoms with van der Waals surface area (Å²) in [5.74, 6) is 1.05. The molecule has 0 radical (unpaired) electrons.